The third kappa shape index (κ3) is 4.22. The number of esters is 1. The van der Waals surface area contributed by atoms with Crippen LogP contribution in [0.15, 0.2) is 23.4 Å². The van der Waals surface area contributed by atoms with Gasteiger partial charge in [0.15, 0.2) is 11.5 Å². The van der Waals surface area contributed by atoms with Gasteiger partial charge in [-0.1, -0.05) is 24.9 Å². The second-order valence-electron chi connectivity index (χ2n) is 5.79. The van der Waals surface area contributed by atoms with Crippen molar-refractivity contribution < 1.29 is 24.2 Å². The van der Waals surface area contributed by atoms with E-state index in [-0.39, 0.29) is 29.2 Å². The number of carbonyl (C=O) groups excluding carboxylic acids is 2. The SMILES string of the molecule is CCCCC1=C(C(=O)OCC)C(c2cc(Cl)cc(OC)c2O)NC(=O)N1. The monoisotopic (exact) mass is 382 g/mol. The van der Waals surface area contributed by atoms with Crippen LogP contribution in [0.25, 0.3) is 0 Å². The van der Waals surface area contributed by atoms with E-state index in [1.165, 1.54) is 19.2 Å². The molecular formula is C18H23ClN2O5. The summed E-state index contributed by atoms with van der Waals surface area (Å²) in [6.07, 6.45) is 2.19. The first-order valence-electron chi connectivity index (χ1n) is 8.46. The molecule has 0 saturated carbocycles. The van der Waals surface area contributed by atoms with Crippen LogP contribution in [0.4, 0.5) is 4.79 Å². The Kier molecular flexibility index (Phi) is 6.74. The highest BCUT2D eigenvalue weighted by Crippen LogP contribution is 2.41. The van der Waals surface area contributed by atoms with Gasteiger partial charge in [0, 0.05) is 22.3 Å². The van der Waals surface area contributed by atoms with E-state index in [1.807, 2.05) is 6.92 Å². The Bertz CT molecular complexity index is 733. The van der Waals surface area contributed by atoms with E-state index in [0.29, 0.717) is 17.1 Å². The van der Waals surface area contributed by atoms with E-state index in [4.69, 9.17) is 21.1 Å². The first kappa shape index (κ1) is 19.9. The van der Waals surface area contributed by atoms with E-state index < -0.39 is 18.0 Å². The number of benzene rings is 1. The van der Waals surface area contributed by atoms with Gasteiger partial charge in [-0.15, -0.1) is 0 Å². The molecule has 1 aliphatic heterocycles. The molecule has 7 nitrogen and oxygen atoms in total. The molecule has 3 N–H and O–H groups in total. The number of phenolic OH excluding ortho intramolecular Hbond substituents is 1. The lowest BCUT2D eigenvalue weighted by Crippen LogP contribution is -2.46. The lowest BCUT2D eigenvalue weighted by molar-refractivity contribution is -0.139. The molecule has 0 aromatic heterocycles. The third-order valence-corrected chi connectivity index (χ3v) is 4.25. The summed E-state index contributed by atoms with van der Waals surface area (Å²) in [5.41, 5.74) is 0.998. The largest absolute Gasteiger partial charge is 0.504 e. The number of rotatable bonds is 7. The molecule has 1 aliphatic rings. The lowest BCUT2D eigenvalue weighted by atomic mass is 9.92. The Hall–Kier alpha value is -2.41. The second-order valence-corrected chi connectivity index (χ2v) is 6.23. The molecule has 1 aromatic rings. The van der Waals surface area contributed by atoms with Crippen molar-refractivity contribution in [3.8, 4) is 11.5 Å². The maximum absolute atomic E-state index is 12.6. The molecule has 0 spiro atoms. The van der Waals surface area contributed by atoms with Crippen LogP contribution < -0.4 is 15.4 Å². The van der Waals surface area contributed by atoms with Crippen molar-refractivity contribution in [2.75, 3.05) is 13.7 Å². The average Bonchev–Trinajstić information content (AvgIpc) is 2.61. The summed E-state index contributed by atoms with van der Waals surface area (Å²) in [5.74, 6) is -0.603. The molecule has 0 aliphatic carbocycles. The van der Waals surface area contributed by atoms with Crippen LogP contribution in [-0.4, -0.2) is 30.8 Å². The number of unbranched alkanes of at least 4 members (excludes halogenated alkanes) is 1. The third-order valence-electron chi connectivity index (χ3n) is 4.03. The molecule has 2 amide bonds. The normalized spacial score (nSPS) is 16.8. The van der Waals surface area contributed by atoms with Crippen LogP contribution in [0.1, 0.15) is 44.7 Å². The maximum Gasteiger partial charge on any atom is 0.338 e. The van der Waals surface area contributed by atoms with E-state index >= 15 is 0 Å². The van der Waals surface area contributed by atoms with Gasteiger partial charge in [0.1, 0.15) is 0 Å². The molecular weight excluding hydrogens is 360 g/mol. The second kappa shape index (κ2) is 8.80. The number of halogens is 1. The summed E-state index contributed by atoms with van der Waals surface area (Å²) >= 11 is 6.11. The average molecular weight is 383 g/mol. The number of hydrogen-bond acceptors (Lipinski definition) is 5. The molecule has 1 aromatic carbocycles. The fourth-order valence-corrected chi connectivity index (χ4v) is 3.04. The maximum atomic E-state index is 12.6. The quantitative estimate of drug-likeness (QED) is 0.628. The molecule has 1 unspecified atom stereocenters. The van der Waals surface area contributed by atoms with E-state index in [0.717, 1.165) is 12.8 Å². The minimum absolute atomic E-state index is 0.151. The van der Waals surface area contributed by atoms with Gasteiger partial charge in [-0.3, -0.25) is 0 Å². The zero-order valence-corrected chi connectivity index (χ0v) is 15.8. The predicted molar refractivity (Wildman–Crippen MR) is 97.3 cm³/mol. The molecule has 142 valence electrons. The molecule has 1 atom stereocenters. The topological polar surface area (TPSA) is 96.9 Å². The first-order valence-corrected chi connectivity index (χ1v) is 8.84. The van der Waals surface area contributed by atoms with Crippen molar-refractivity contribution in [1.29, 1.82) is 0 Å². The molecule has 26 heavy (non-hydrogen) atoms. The highest BCUT2D eigenvalue weighted by molar-refractivity contribution is 6.30. The standard InChI is InChI=1S/C18H23ClN2O5/c1-4-6-7-12-14(17(23)26-5-2)15(21-18(24)20-12)11-8-10(19)9-13(25-3)16(11)22/h8-9,15,22H,4-7H2,1-3H3,(H2,20,21,24). The summed E-state index contributed by atoms with van der Waals surface area (Å²) in [4.78, 5) is 24.7. The zero-order valence-electron chi connectivity index (χ0n) is 15.0. The summed E-state index contributed by atoms with van der Waals surface area (Å²) in [5, 5.41) is 16.2. The summed E-state index contributed by atoms with van der Waals surface area (Å²) < 4.78 is 10.3. The minimum Gasteiger partial charge on any atom is -0.504 e. The van der Waals surface area contributed by atoms with Crippen molar-refractivity contribution in [2.24, 2.45) is 0 Å². The van der Waals surface area contributed by atoms with E-state index in [1.54, 1.807) is 6.92 Å². The number of urea groups is 1. The highest BCUT2D eigenvalue weighted by atomic mass is 35.5. The predicted octanol–water partition coefficient (Wildman–Crippen LogP) is 3.42. The van der Waals surface area contributed by atoms with Crippen LogP contribution in [0.5, 0.6) is 11.5 Å². The fraction of sp³-hybridized carbons (Fsp3) is 0.444. The number of ether oxygens (including phenoxy) is 2. The van der Waals surface area contributed by atoms with Crippen LogP contribution in [-0.2, 0) is 9.53 Å². The number of hydrogen-bond donors (Lipinski definition) is 3. The number of allylic oxidation sites excluding steroid dienone is 1. The summed E-state index contributed by atoms with van der Waals surface area (Å²) in [6, 6.07) is 1.58. The fourth-order valence-electron chi connectivity index (χ4n) is 2.82. The van der Waals surface area contributed by atoms with Gasteiger partial charge in [0.2, 0.25) is 0 Å². The molecule has 8 heteroatoms. The molecule has 1 heterocycles. The Morgan fingerprint density at radius 3 is 2.69 bits per heavy atom. The van der Waals surface area contributed by atoms with Gasteiger partial charge >= 0.3 is 12.0 Å². The van der Waals surface area contributed by atoms with Gasteiger partial charge in [-0.2, -0.15) is 0 Å². The Morgan fingerprint density at radius 1 is 1.35 bits per heavy atom. The molecule has 0 fully saturated rings. The van der Waals surface area contributed by atoms with Crippen molar-refractivity contribution >= 4 is 23.6 Å². The van der Waals surface area contributed by atoms with E-state index in [2.05, 4.69) is 10.6 Å². The lowest BCUT2D eigenvalue weighted by Gasteiger charge is -2.30. The smallest absolute Gasteiger partial charge is 0.338 e. The van der Waals surface area contributed by atoms with Gasteiger partial charge in [0.25, 0.3) is 0 Å². The van der Waals surface area contributed by atoms with Crippen LogP contribution in [0, 0.1) is 0 Å². The van der Waals surface area contributed by atoms with Gasteiger partial charge in [-0.25, -0.2) is 9.59 Å². The van der Waals surface area contributed by atoms with Crippen LogP contribution in [0.3, 0.4) is 0 Å². The van der Waals surface area contributed by atoms with Gasteiger partial charge in [-0.05, 0) is 25.8 Å². The van der Waals surface area contributed by atoms with E-state index in [9.17, 15) is 14.7 Å². The number of amides is 2. The number of phenols is 1. The van der Waals surface area contributed by atoms with Crippen molar-refractivity contribution in [3.63, 3.8) is 0 Å². The summed E-state index contributed by atoms with van der Waals surface area (Å²) in [7, 11) is 1.39. The van der Waals surface area contributed by atoms with Crippen LogP contribution in [0.2, 0.25) is 5.02 Å². The summed E-state index contributed by atoms with van der Waals surface area (Å²) in [6.45, 7) is 3.90. The number of aromatic hydroxyl groups is 1. The Morgan fingerprint density at radius 2 is 2.08 bits per heavy atom. The number of nitrogens with one attached hydrogen (secondary N) is 2. The highest BCUT2D eigenvalue weighted by Gasteiger charge is 2.35. The zero-order chi connectivity index (χ0) is 19.3. The van der Waals surface area contributed by atoms with Crippen molar-refractivity contribution in [1.82, 2.24) is 10.6 Å². The molecule has 0 radical (unpaired) electrons. The van der Waals surface area contributed by atoms with Gasteiger partial charge in [0.05, 0.1) is 25.3 Å². The number of methoxy groups -OCH3 is 1. The van der Waals surface area contributed by atoms with Crippen molar-refractivity contribution in [2.45, 2.75) is 39.2 Å². The minimum atomic E-state index is -0.901. The Labute approximate surface area is 157 Å². The molecule has 2 rings (SSSR count). The molecule has 0 bridgehead atoms. The number of carbonyl (C=O) groups is 2. The van der Waals surface area contributed by atoms with Crippen LogP contribution >= 0.6 is 11.6 Å². The first-order chi connectivity index (χ1) is 12.4. The Balaban J connectivity index is 2.61. The van der Waals surface area contributed by atoms with Gasteiger partial charge < -0.3 is 25.2 Å². The van der Waals surface area contributed by atoms with Crippen molar-refractivity contribution in [3.05, 3.63) is 34.0 Å². The molecule has 0 saturated heterocycles.